The number of aromatic nitrogens is 3. The molecule has 3 N–H and O–H groups in total. The Labute approximate surface area is 138 Å². The van der Waals surface area contributed by atoms with Crippen LogP contribution in [0.4, 0.5) is 0 Å². The summed E-state index contributed by atoms with van der Waals surface area (Å²) in [6, 6.07) is 12.3. The van der Waals surface area contributed by atoms with Gasteiger partial charge in [0.1, 0.15) is 5.82 Å². The summed E-state index contributed by atoms with van der Waals surface area (Å²) in [6.07, 6.45) is 0. The first-order valence-electron chi connectivity index (χ1n) is 7.52. The number of hydrogen-bond donors (Lipinski definition) is 3. The number of nitrogens with one attached hydrogen (secondary N) is 2. The normalized spacial score (nSPS) is 12.2. The number of rotatable bonds is 3. The number of nitrogens with zero attached hydrogens (tertiary/aromatic N) is 1. The van der Waals surface area contributed by atoms with Crippen LogP contribution in [0, 0.1) is 0 Å². The van der Waals surface area contributed by atoms with E-state index in [1.165, 1.54) is 0 Å². The molecule has 0 amide bonds. The molecule has 4 aromatic rings. The van der Waals surface area contributed by atoms with E-state index in [9.17, 15) is 13.5 Å². The first-order chi connectivity index (χ1) is 11.5. The fourth-order valence-electron chi connectivity index (χ4n) is 2.83. The average molecular weight is 341 g/mol. The van der Waals surface area contributed by atoms with Gasteiger partial charge in [-0.15, -0.1) is 0 Å². The van der Waals surface area contributed by atoms with Gasteiger partial charge in [0, 0.05) is 10.9 Å². The predicted molar refractivity (Wildman–Crippen MR) is 92.8 cm³/mol. The van der Waals surface area contributed by atoms with Crippen LogP contribution in [-0.4, -0.2) is 34.2 Å². The SMILES string of the molecule is CCS(=O)(=O)c1ccc2[nH]c(O)c(-c3nc4ccccc4[nH]3)c2c1. The maximum atomic E-state index is 12.1. The lowest BCUT2D eigenvalue weighted by Crippen LogP contribution is -2.03. The lowest BCUT2D eigenvalue weighted by molar-refractivity contribution is 0.460. The zero-order valence-corrected chi connectivity index (χ0v) is 13.7. The van der Waals surface area contributed by atoms with Gasteiger partial charge in [-0.25, -0.2) is 13.4 Å². The monoisotopic (exact) mass is 341 g/mol. The average Bonchev–Trinajstić information content (AvgIpc) is 3.13. The number of hydrogen-bond acceptors (Lipinski definition) is 4. The smallest absolute Gasteiger partial charge is 0.200 e. The zero-order valence-electron chi connectivity index (χ0n) is 12.9. The van der Waals surface area contributed by atoms with Crippen molar-refractivity contribution < 1.29 is 13.5 Å². The number of aromatic amines is 2. The fourth-order valence-corrected chi connectivity index (χ4v) is 3.73. The summed E-state index contributed by atoms with van der Waals surface area (Å²) >= 11 is 0. The number of imidazole rings is 1. The highest BCUT2D eigenvalue weighted by Crippen LogP contribution is 2.37. The molecule has 2 aromatic heterocycles. The van der Waals surface area contributed by atoms with E-state index >= 15 is 0 Å². The van der Waals surface area contributed by atoms with Crippen molar-refractivity contribution in [3.63, 3.8) is 0 Å². The van der Waals surface area contributed by atoms with E-state index < -0.39 is 9.84 Å². The summed E-state index contributed by atoms with van der Waals surface area (Å²) in [5.41, 5.74) is 2.74. The van der Waals surface area contributed by atoms with Gasteiger partial charge in [0.05, 0.1) is 27.2 Å². The highest BCUT2D eigenvalue weighted by molar-refractivity contribution is 7.91. The van der Waals surface area contributed by atoms with Gasteiger partial charge in [0.15, 0.2) is 9.84 Å². The van der Waals surface area contributed by atoms with Crippen LogP contribution in [0.5, 0.6) is 5.88 Å². The van der Waals surface area contributed by atoms with Gasteiger partial charge in [-0.05, 0) is 30.3 Å². The van der Waals surface area contributed by atoms with E-state index in [2.05, 4.69) is 15.0 Å². The van der Waals surface area contributed by atoms with Crippen LogP contribution in [-0.2, 0) is 9.84 Å². The summed E-state index contributed by atoms with van der Waals surface area (Å²) in [4.78, 5) is 10.8. The Morgan fingerprint density at radius 3 is 2.62 bits per heavy atom. The van der Waals surface area contributed by atoms with Gasteiger partial charge in [0.2, 0.25) is 5.88 Å². The van der Waals surface area contributed by atoms with Crippen LogP contribution in [0.25, 0.3) is 33.3 Å². The van der Waals surface area contributed by atoms with Crippen molar-refractivity contribution >= 4 is 31.8 Å². The number of benzene rings is 2. The van der Waals surface area contributed by atoms with Gasteiger partial charge in [-0.3, -0.25) is 0 Å². The minimum absolute atomic E-state index is 0.0227. The topological polar surface area (TPSA) is 98.8 Å². The van der Waals surface area contributed by atoms with Gasteiger partial charge < -0.3 is 15.1 Å². The van der Waals surface area contributed by atoms with Crippen LogP contribution in [0.3, 0.4) is 0 Å². The Morgan fingerprint density at radius 1 is 1.08 bits per heavy atom. The minimum atomic E-state index is -3.33. The van der Waals surface area contributed by atoms with E-state index in [0.29, 0.717) is 22.3 Å². The zero-order chi connectivity index (χ0) is 16.9. The standard InChI is InChI=1S/C17H15N3O3S/c1-2-24(22,23)10-7-8-12-11(9-10)15(17(21)20-12)16-18-13-5-3-4-6-14(13)19-16/h3-9,20-21H,2H2,1H3,(H,18,19). The van der Waals surface area contributed by atoms with Crippen LogP contribution in [0.1, 0.15) is 6.92 Å². The van der Waals surface area contributed by atoms with Crippen LogP contribution < -0.4 is 0 Å². The number of para-hydroxylation sites is 2. The van der Waals surface area contributed by atoms with E-state index in [1.807, 2.05) is 24.3 Å². The molecule has 122 valence electrons. The van der Waals surface area contributed by atoms with Crippen LogP contribution >= 0.6 is 0 Å². The quantitative estimate of drug-likeness (QED) is 0.533. The van der Waals surface area contributed by atoms with Gasteiger partial charge in [-0.2, -0.15) is 0 Å². The number of H-pyrrole nitrogens is 2. The van der Waals surface area contributed by atoms with Gasteiger partial charge >= 0.3 is 0 Å². The molecule has 4 rings (SSSR count). The number of fused-ring (bicyclic) bond motifs is 2. The fraction of sp³-hybridized carbons (Fsp3) is 0.118. The third kappa shape index (κ3) is 2.16. The summed E-state index contributed by atoms with van der Waals surface area (Å²) < 4.78 is 24.3. The Bertz CT molecular complexity index is 1140. The second-order valence-electron chi connectivity index (χ2n) is 5.56. The van der Waals surface area contributed by atoms with Crippen molar-refractivity contribution in [1.29, 1.82) is 0 Å². The lowest BCUT2D eigenvalue weighted by atomic mass is 10.1. The first-order valence-corrected chi connectivity index (χ1v) is 9.17. The molecule has 0 saturated carbocycles. The first kappa shape index (κ1) is 14.8. The summed E-state index contributed by atoms with van der Waals surface area (Å²) in [5, 5.41) is 10.9. The summed E-state index contributed by atoms with van der Waals surface area (Å²) in [6.45, 7) is 1.61. The molecule has 0 bridgehead atoms. The molecule has 0 aliphatic rings. The molecule has 0 saturated heterocycles. The van der Waals surface area contributed by atoms with E-state index in [4.69, 9.17) is 0 Å². The number of aromatic hydroxyl groups is 1. The molecule has 6 nitrogen and oxygen atoms in total. The molecule has 0 unspecified atom stereocenters. The van der Waals surface area contributed by atoms with Crippen molar-refractivity contribution in [2.24, 2.45) is 0 Å². The molecule has 24 heavy (non-hydrogen) atoms. The molecular weight excluding hydrogens is 326 g/mol. The maximum absolute atomic E-state index is 12.1. The molecule has 2 aromatic carbocycles. The summed E-state index contributed by atoms with van der Waals surface area (Å²) in [5.74, 6) is 0.468. The van der Waals surface area contributed by atoms with Gasteiger partial charge in [-0.1, -0.05) is 19.1 Å². The second-order valence-corrected chi connectivity index (χ2v) is 7.84. The van der Waals surface area contributed by atoms with Crippen LogP contribution in [0.15, 0.2) is 47.4 Å². The molecule has 7 heteroatoms. The highest BCUT2D eigenvalue weighted by Gasteiger charge is 2.19. The second kappa shape index (κ2) is 5.10. The Kier molecular flexibility index (Phi) is 3.14. The molecule has 0 aliphatic carbocycles. The van der Waals surface area contributed by atoms with Crippen molar-refractivity contribution in [3.05, 3.63) is 42.5 Å². The molecule has 0 spiro atoms. The molecule has 0 fully saturated rings. The Morgan fingerprint density at radius 2 is 1.88 bits per heavy atom. The Hall–Kier alpha value is -2.80. The highest BCUT2D eigenvalue weighted by atomic mass is 32.2. The van der Waals surface area contributed by atoms with E-state index in [0.717, 1.165) is 11.0 Å². The molecular formula is C17H15N3O3S. The van der Waals surface area contributed by atoms with Crippen molar-refractivity contribution in [2.45, 2.75) is 11.8 Å². The molecule has 0 aliphatic heterocycles. The predicted octanol–water partition coefficient (Wildman–Crippen LogP) is 3.21. The summed E-state index contributed by atoms with van der Waals surface area (Å²) in [7, 11) is -3.33. The van der Waals surface area contributed by atoms with Crippen molar-refractivity contribution in [3.8, 4) is 17.3 Å². The Balaban J connectivity index is 2.00. The minimum Gasteiger partial charge on any atom is -0.494 e. The third-order valence-electron chi connectivity index (χ3n) is 4.12. The van der Waals surface area contributed by atoms with Crippen molar-refractivity contribution in [1.82, 2.24) is 15.0 Å². The van der Waals surface area contributed by atoms with Crippen molar-refractivity contribution in [2.75, 3.05) is 5.75 Å². The largest absolute Gasteiger partial charge is 0.494 e. The van der Waals surface area contributed by atoms with Gasteiger partial charge in [0.25, 0.3) is 0 Å². The number of sulfone groups is 1. The molecule has 2 heterocycles. The lowest BCUT2D eigenvalue weighted by Gasteiger charge is -2.02. The maximum Gasteiger partial charge on any atom is 0.200 e. The molecule has 0 atom stereocenters. The van der Waals surface area contributed by atoms with E-state index in [1.54, 1.807) is 25.1 Å². The molecule has 0 radical (unpaired) electrons. The van der Waals surface area contributed by atoms with E-state index in [-0.39, 0.29) is 16.5 Å². The third-order valence-corrected chi connectivity index (χ3v) is 5.85. The van der Waals surface area contributed by atoms with Crippen LogP contribution in [0.2, 0.25) is 0 Å².